The second-order valence-corrected chi connectivity index (χ2v) is 7.07. The van der Waals surface area contributed by atoms with E-state index in [1.54, 1.807) is 12.1 Å². The number of halogens is 1. The number of benzene rings is 1. The van der Waals surface area contributed by atoms with E-state index in [-0.39, 0.29) is 5.82 Å². The third-order valence-corrected chi connectivity index (χ3v) is 5.93. The summed E-state index contributed by atoms with van der Waals surface area (Å²) in [7, 11) is 0. The van der Waals surface area contributed by atoms with Crippen molar-refractivity contribution in [2.75, 3.05) is 0 Å². The Morgan fingerprint density at radius 3 is 1.86 bits per heavy atom. The van der Waals surface area contributed by atoms with Crippen molar-refractivity contribution in [2.45, 2.75) is 57.3 Å². The molecule has 0 nitrogen and oxygen atoms in total. The van der Waals surface area contributed by atoms with Gasteiger partial charge in [0, 0.05) is 0 Å². The van der Waals surface area contributed by atoms with Crippen LogP contribution in [0, 0.1) is 23.6 Å². The Kier molecular flexibility index (Phi) is 4.77. The summed E-state index contributed by atoms with van der Waals surface area (Å²) in [6, 6.07) is 7.18. The molecule has 0 aromatic heterocycles. The lowest BCUT2D eigenvalue weighted by Crippen LogP contribution is -2.25. The van der Waals surface area contributed by atoms with E-state index in [1.807, 2.05) is 12.1 Å². The Bertz CT molecular complexity index is 445. The monoisotopic (exact) mass is 286 g/mol. The van der Waals surface area contributed by atoms with Gasteiger partial charge >= 0.3 is 0 Å². The molecule has 2 fully saturated rings. The van der Waals surface area contributed by atoms with E-state index in [4.69, 9.17) is 0 Å². The number of hydrogen-bond acceptors (Lipinski definition) is 0. The van der Waals surface area contributed by atoms with Gasteiger partial charge in [-0.05, 0) is 92.7 Å². The fourth-order valence-corrected chi connectivity index (χ4v) is 4.51. The average molecular weight is 286 g/mol. The van der Waals surface area contributed by atoms with E-state index in [2.05, 4.69) is 12.7 Å². The van der Waals surface area contributed by atoms with Gasteiger partial charge in [-0.1, -0.05) is 18.2 Å². The second kappa shape index (κ2) is 6.77. The van der Waals surface area contributed by atoms with E-state index in [1.165, 1.54) is 56.9 Å². The molecule has 2 saturated carbocycles. The number of allylic oxidation sites excluding steroid dienone is 1. The maximum Gasteiger partial charge on any atom is 0.123 e. The Hall–Kier alpha value is -1.11. The average Bonchev–Trinajstić information content (AvgIpc) is 2.56. The molecular formula is C20H27F. The second-order valence-electron chi connectivity index (χ2n) is 7.07. The van der Waals surface area contributed by atoms with Crippen LogP contribution >= 0.6 is 0 Å². The summed E-state index contributed by atoms with van der Waals surface area (Å²) < 4.78 is 13.0. The maximum atomic E-state index is 13.0. The molecule has 21 heavy (non-hydrogen) atoms. The van der Waals surface area contributed by atoms with Gasteiger partial charge in [0.15, 0.2) is 0 Å². The molecule has 1 aromatic carbocycles. The molecular weight excluding hydrogens is 259 g/mol. The Labute approximate surface area is 128 Å². The largest absolute Gasteiger partial charge is 0.207 e. The van der Waals surface area contributed by atoms with Crippen LogP contribution < -0.4 is 0 Å². The van der Waals surface area contributed by atoms with E-state index >= 15 is 0 Å². The Morgan fingerprint density at radius 2 is 1.33 bits per heavy atom. The molecule has 0 unspecified atom stereocenters. The Morgan fingerprint density at radius 1 is 0.810 bits per heavy atom. The highest BCUT2D eigenvalue weighted by Gasteiger charge is 2.30. The van der Waals surface area contributed by atoms with Crippen molar-refractivity contribution in [3.05, 3.63) is 48.3 Å². The first kappa shape index (κ1) is 14.8. The summed E-state index contributed by atoms with van der Waals surface area (Å²) in [6.45, 7) is 3.94. The van der Waals surface area contributed by atoms with Crippen LogP contribution in [-0.2, 0) is 0 Å². The van der Waals surface area contributed by atoms with E-state index < -0.39 is 0 Å². The molecule has 0 amide bonds. The molecule has 0 heterocycles. The number of rotatable bonds is 3. The SMILES string of the molecule is C=CC1CCC(C2CCC(c3ccc(F)cc3)CC2)CC1. The van der Waals surface area contributed by atoms with Crippen molar-refractivity contribution >= 4 is 0 Å². The lowest BCUT2D eigenvalue weighted by atomic mass is 9.68. The van der Waals surface area contributed by atoms with Crippen molar-refractivity contribution in [3.8, 4) is 0 Å². The minimum absolute atomic E-state index is 0.119. The van der Waals surface area contributed by atoms with Gasteiger partial charge in [-0.2, -0.15) is 0 Å². The molecule has 114 valence electrons. The minimum atomic E-state index is -0.119. The summed E-state index contributed by atoms with van der Waals surface area (Å²) >= 11 is 0. The zero-order valence-corrected chi connectivity index (χ0v) is 12.9. The first-order chi connectivity index (χ1) is 10.3. The first-order valence-electron chi connectivity index (χ1n) is 8.64. The van der Waals surface area contributed by atoms with Gasteiger partial charge in [0.1, 0.15) is 5.82 Å². The predicted octanol–water partition coefficient (Wildman–Crippen LogP) is 6.09. The zero-order valence-electron chi connectivity index (χ0n) is 12.9. The quantitative estimate of drug-likeness (QED) is 0.590. The summed E-state index contributed by atoms with van der Waals surface area (Å²) in [6.07, 6.45) is 13.0. The van der Waals surface area contributed by atoms with Gasteiger partial charge in [-0.15, -0.1) is 6.58 Å². The maximum absolute atomic E-state index is 13.0. The third-order valence-electron chi connectivity index (χ3n) is 5.93. The van der Waals surface area contributed by atoms with E-state index in [0.717, 1.165) is 17.8 Å². The molecule has 0 spiro atoms. The number of hydrogen-bond donors (Lipinski definition) is 0. The summed E-state index contributed by atoms with van der Waals surface area (Å²) in [5.41, 5.74) is 1.34. The van der Waals surface area contributed by atoms with Gasteiger partial charge in [-0.3, -0.25) is 0 Å². The van der Waals surface area contributed by atoms with Crippen LogP contribution in [0.3, 0.4) is 0 Å². The highest BCUT2D eigenvalue weighted by Crippen LogP contribution is 2.43. The third kappa shape index (κ3) is 3.56. The molecule has 3 rings (SSSR count). The van der Waals surface area contributed by atoms with Gasteiger partial charge in [0.2, 0.25) is 0 Å². The molecule has 0 radical (unpaired) electrons. The fraction of sp³-hybridized carbons (Fsp3) is 0.600. The van der Waals surface area contributed by atoms with Crippen molar-refractivity contribution in [3.63, 3.8) is 0 Å². The molecule has 1 aromatic rings. The van der Waals surface area contributed by atoms with Gasteiger partial charge in [0.25, 0.3) is 0 Å². The highest BCUT2D eigenvalue weighted by molar-refractivity contribution is 5.21. The van der Waals surface area contributed by atoms with Crippen LogP contribution in [0.5, 0.6) is 0 Å². The summed E-state index contributed by atoms with van der Waals surface area (Å²) in [5.74, 6) is 3.21. The van der Waals surface area contributed by atoms with Crippen molar-refractivity contribution in [1.82, 2.24) is 0 Å². The highest BCUT2D eigenvalue weighted by atomic mass is 19.1. The van der Waals surface area contributed by atoms with Gasteiger partial charge in [0.05, 0.1) is 0 Å². The summed E-state index contributed by atoms with van der Waals surface area (Å²) in [4.78, 5) is 0. The van der Waals surface area contributed by atoms with Gasteiger partial charge in [-0.25, -0.2) is 4.39 Å². The smallest absolute Gasteiger partial charge is 0.123 e. The van der Waals surface area contributed by atoms with Crippen LogP contribution in [0.4, 0.5) is 4.39 Å². The van der Waals surface area contributed by atoms with Crippen LogP contribution in [0.2, 0.25) is 0 Å². The lowest BCUT2D eigenvalue weighted by Gasteiger charge is -2.37. The molecule has 2 aliphatic rings. The molecule has 0 N–H and O–H groups in total. The van der Waals surface area contributed by atoms with Crippen molar-refractivity contribution < 1.29 is 4.39 Å². The molecule has 1 heteroatoms. The molecule has 0 aliphatic heterocycles. The lowest BCUT2D eigenvalue weighted by molar-refractivity contribution is 0.171. The predicted molar refractivity (Wildman–Crippen MR) is 86.7 cm³/mol. The van der Waals surface area contributed by atoms with Crippen LogP contribution in [0.1, 0.15) is 62.8 Å². The van der Waals surface area contributed by atoms with Crippen LogP contribution in [0.15, 0.2) is 36.9 Å². The zero-order chi connectivity index (χ0) is 14.7. The van der Waals surface area contributed by atoms with Crippen molar-refractivity contribution in [2.24, 2.45) is 17.8 Å². The van der Waals surface area contributed by atoms with Crippen LogP contribution in [0.25, 0.3) is 0 Å². The van der Waals surface area contributed by atoms with E-state index in [0.29, 0.717) is 5.92 Å². The molecule has 2 aliphatic carbocycles. The first-order valence-corrected chi connectivity index (χ1v) is 8.64. The standard InChI is InChI=1S/C20H27F/c1-2-15-3-5-16(6-4-15)17-7-9-18(10-8-17)19-11-13-20(21)14-12-19/h2,11-18H,1,3-10H2. The topological polar surface area (TPSA) is 0 Å². The summed E-state index contributed by atoms with van der Waals surface area (Å²) in [5, 5.41) is 0. The van der Waals surface area contributed by atoms with E-state index in [9.17, 15) is 4.39 Å². The molecule has 0 atom stereocenters. The molecule has 0 saturated heterocycles. The van der Waals surface area contributed by atoms with Crippen LogP contribution in [-0.4, -0.2) is 0 Å². The van der Waals surface area contributed by atoms with Gasteiger partial charge < -0.3 is 0 Å². The Balaban J connectivity index is 1.51. The van der Waals surface area contributed by atoms with Crippen molar-refractivity contribution in [1.29, 1.82) is 0 Å². The fourth-order valence-electron chi connectivity index (χ4n) is 4.51. The normalized spacial score (nSPS) is 33.6. The minimum Gasteiger partial charge on any atom is -0.207 e. The molecule has 0 bridgehead atoms.